The molecule has 0 bridgehead atoms. The normalized spacial score (nSPS) is 12.8. The zero-order valence-electron chi connectivity index (χ0n) is 11.0. The summed E-state index contributed by atoms with van der Waals surface area (Å²) in [5.74, 6) is -0.329. The van der Waals surface area contributed by atoms with Crippen molar-refractivity contribution in [2.24, 2.45) is 5.73 Å². The molecule has 1 atom stereocenters. The van der Waals surface area contributed by atoms with Crippen molar-refractivity contribution in [1.29, 1.82) is 0 Å². The third kappa shape index (κ3) is 5.27. The van der Waals surface area contributed by atoms with Gasteiger partial charge in [0.15, 0.2) is 0 Å². The van der Waals surface area contributed by atoms with Crippen molar-refractivity contribution < 1.29 is 13.2 Å². The van der Waals surface area contributed by atoms with E-state index in [4.69, 9.17) is 5.73 Å². The summed E-state index contributed by atoms with van der Waals surface area (Å²) < 4.78 is 24.8. The van der Waals surface area contributed by atoms with Crippen molar-refractivity contribution in [3.05, 3.63) is 24.3 Å². The molecule has 0 unspecified atom stereocenters. The number of para-hydroxylation sites is 2. The Morgan fingerprint density at radius 3 is 2.42 bits per heavy atom. The van der Waals surface area contributed by atoms with Gasteiger partial charge in [0.1, 0.15) is 0 Å². The van der Waals surface area contributed by atoms with E-state index in [-0.39, 0.29) is 5.91 Å². The SMILES string of the molecule is CCC[C@H](N)C(=O)Nc1ccccc1NS(C)(=O)=O. The van der Waals surface area contributed by atoms with Crippen LogP contribution in [0.2, 0.25) is 0 Å². The van der Waals surface area contributed by atoms with Gasteiger partial charge >= 0.3 is 0 Å². The van der Waals surface area contributed by atoms with Crippen molar-refractivity contribution in [3.8, 4) is 0 Å². The predicted molar refractivity (Wildman–Crippen MR) is 76.4 cm³/mol. The fourth-order valence-corrected chi connectivity index (χ4v) is 2.13. The van der Waals surface area contributed by atoms with Crippen LogP contribution < -0.4 is 15.8 Å². The van der Waals surface area contributed by atoms with Gasteiger partial charge in [-0.1, -0.05) is 25.5 Å². The molecule has 0 aliphatic rings. The van der Waals surface area contributed by atoms with Crippen molar-refractivity contribution in [2.45, 2.75) is 25.8 Å². The van der Waals surface area contributed by atoms with Gasteiger partial charge in [-0.2, -0.15) is 0 Å². The van der Waals surface area contributed by atoms with Gasteiger partial charge in [0.2, 0.25) is 15.9 Å². The van der Waals surface area contributed by atoms with Crippen molar-refractivity contribution in [1.82, 2.24) is 0 Å². The highest BCUT2D eigenvalue weighted by Crippen LogP contribution is 2.22. The summed E-state index contributed by atoms with van der Waals surface area (Å²) in [7, 11) is -3.40. The van der Waals surface area contributed by atoms with Crippen LogP contribution in [-0.4, -0.2) is 26.6 Å². The molecule has 1 aromatic carbocycles. The van der Waals surface area contributed by atoms with E-state index in [1.807, 2.05) is 6.92 Å². The maximum atomic E-state index is 11.8. The summed E-state index contributed by atoms with van der Waals surface area (Å²) in [4.78, 5) is 11.8. The number of hydrogen-bond acceptors (Lipinski definition) is 4. The number of carbonyl (C=O) groups is 1. The lowest BCUT2D eigenvalue weighted by Gasteiger charge is -2.14. The number of sulfonamides is 1. The van der Waals surface area contributed by atoms with E-state index in [0.29, 0.717) is 17.8 Å². The first kappa shape index (κ1) is 15.5. The first-order valence-corrected chi connectivity index (χ1v) is 7.86. The monoisotopic (exact) mass is 285 g/mol. The molecule has 0 aliphatic heterocycles. The summed E-state index contributed by atoms with van der Waals surface area (Å²) in [6, 6.07) is 5.96. The Morgan fingerprint density at radius 2 is 1.89 bits per heavy atom. The number of hydrogen-bond donors (Lipinski definition) is 3. The molecule has 1 amide bonds. The maximum Gasteiger partial charge on any atom is 0.241 e. The molecule has 0 saturated heterocycles. The lowest BCUT2D eigenvalue weighted by Crippen LogP contribution is -2.35. The Balaban J connectivity index is 2.86. The van der Waals surface area contributed by atoms with Gasteiger partial charge in [0, 0.05) is 0 Å². The van der Waals surface area contributed by atoms with E-state index >= 15 is 0 Å². The van der Waals surface area contributed by atoms with E-state index in [1.165, 1.54) is 0 Å². The lowest BCUT2D eigenvalue weighted by molar-refractivity contribution is -0.117. The topological polar surface area (TPSA) is 101 Å². The molecule has 0 saturated carbocycles. The second-order valence-electron chi connectivity index (χ2n) is 4.30. The molecule has 106 valence electrons. The van der Waals surface area contributed by atoms with Crippen LogP contribution in [0.15, 0.2) is 24.3 Å². The van der Waals surface area contributed by atoms with Gasteiger partial charge in [0.05, 0.1) is 23.7 Å². The highest BCUT2D eigenvalue weighted by Gasteiger charge is 2.14. The summed E-state index contributed by atoms with van der Waals surface area (Å²) >= 11 is 0. The highest BCUT2D eigenvalue weighted by atomic mass is 32.2. The standard InChI is InChI=1S/C12H19N3O3S/c1-3-6-9(13)12(16)14-10-7-4-5-8-11(10)15-19(2,17)18/h4-5,7-9,15H,3,6,13H2,1-2H3,(H,14,16)/t9-/m0/s1. The minimum absolute atomic E-state index is 0.321. The van der Waals surface area contributed by atoms with Gasteiger partial charge < -0.3 is 11.1 Å². The average Bonchev–Trinajstić information content (AvgIpc) is 2.30. The van der Waals surface area contributed by atoms with Gasteiger partial charge in [-0.05, 0) is 18.6 Å². The molecule has 0 heterocycles. The lowest BCUT2D eigenvalue weighted by atomic mass is 10.1. The van der Waals surface area contributed by atoms with Crippen LogP contribution >= 0.6 is 0 Å². The smallest absolute Gasteiger partial charge is 0.241 e. The Hall–Kier alpha value is -1.60. The first-order valence-electron chi connectivity index (χ1n) is 5.96. The largest absolute Gasteiger partial charge is 0.323 e. The summed E-state index contributed by atoms with van der Waals surface area (Å²) in [6.07, 6.45) is 2.43. The number of nitrogens with two attached hydrogens (primary N) is 1. The van der Waals surface area contributed by atoms with E-state index in [1.54, 1.807) is 24.3 Å². The quantitative estimate of drug-likeness (QED) is 0.729. The molecule has 0 aliphatic carbocycles. The molecule has 7 heteroatoms. The zero-order chi connectivity index (χ0) is 14.5. The molecule has 6 nitrogen and oxygen atoms in total. The third-order valence-corrected chi connectivity index (χ3v) is 3.01. The molecule has 19 heavy (non-hydrogen) atoms. The summed E-state index contributed by atoms with van der Waals surface area (Å²) in [5, 5.41) is 2.63. The second-order valence-corrected chi connectivity index (χ2v) is 6.05. The second kappa shape index (κ2) is 6.53. The minimum atomic E-state index is -3.40. The van der Waals surface area contributed by atoms with Gasteiger partial charge in [-0.15, -0.1) is 0 Å². The van der Waals surface area contributed by atoms with Gasteiger partial charge in [0.25, 0.3) is 0 Å². The van der Waals surface area contributed by atoms with E-state index in [0.717, 1.165) is 12.7 Å². The van der Waals surface area contributed by atoms with Crippen LogP contribution in [0.1, 0.15) is 19.8 Å². The number of amides is 1. The fourth-order valence-electron chi connectivity index (χ4n) is 1.55. The molecule has 1 aromatic rings. The Morgan fingerprint density at radius 1 is 1.32 bits per heavy atom. The van der Waals surface area contributed by atoms with Crippen molar-refractivity contribution >= 4 is 27.3 Å². The Labute approximate surface area is 113 Å². The number of benzene rings is 1. The first-order chi connectivity index (χ1) is 8.83. The molecule has 0 radical (unpaired) electrons. The van der Waals surface area contributed by atoms with Crippen LogP contribution in [-0.2, 0) is 14.8 Å². The van der Waals surface area contributed by atoms with Crippen LogP contribution in [0, 0.1) is 0 Å². The predicted octanol–water partition coefficient (Wildman–Crippen LogP) is 1.12. The maximum absolute atomic E-state index is 11.8. The molecule has 4 N–H and O–H groups in total. The van der Waals surface area contributed by atoms with Crippen molar-refractivity contribution in [2.75, 3.05) is 16.3 Å². The molecule has 0 aromatic heterocycles. The minimum Gasteiger partial charge on any atom is -0.323 e. The van der Waals surface area contributed by atoms with Crippen LogP contribution in [0.25, 0.3) is 0 Å². The van der Waals surface area contributed by atoms with Gasteiger partial charge in [-0.25, -0.2) is 8.42 Å². The van der Waals surface area contributed by atoms with Gasteiger partial charge in [-0.3, -0.25) is 9.52 Å². The number of nitrogens with one attached hydrogen (secondary N) is 2. The molecule has 0 fully saturated rings. The zero-order valence-corrected chi connectivity index (χ0v) is 11.8. The molecule has 0 spiro atoms. The van der Waals surface area contributed by atoms with E-state index < -0.39 is 16.1 Å². The van der Waals surface area contributed by atoms with Crippen LogP contribution in [0.5, 0.6) is 0 Å². The Kier molecular flexibility index (Phi) is 5.31. The van der Waals surface area contributed by atoms with Crippen LogP contribution in [0.4, 0.5) is 11.4 Å². The molecule has 1 rings (SSSR count). The van der Waals surface area contributed by atoms with E-state index in [9.17, 15) is 13.2 Å². The molecular weight excluding hydrogens is 266 g/mol. The fraction of sp³-hybridized carbons (Fsp3) is 0.417. The number of rotatable bonds is 6. The van der Waals surface area contributed by atoms with Crippen LogP contribution in [0.3, 0.4) is 0 Å². The highest BCUT2D eigenvalue weighted by molar-refractivity contribution is 7.92. The Bertz CT molecular complexity index is 543. The van der Waals surface area contributed by atoms with E-state index in [2.05, 4.69) is 10.0 Å². The van der Waals surface area contributed by atoms with Crippen molar-refractivity contribution in [3.63, 3.8) is 0 Å². The number of carbonyl (C=O) groups excluding carboxylic acids is 1. The summed E-state index contributed by atoms with van der Waals surface area (Å²) in [6.45, 7) is 1.94. The summed E-state index contributed by atoms with van der Waals surface area (Å²) in [5.41, 5.74) is 6.42. The number of anilines is 2. The third-order valence-electron chi connectivity index (χ3n) is 2.42. The molecular formula is C12H19N3O3S. The average molecular weight is 285 g/mol.